The minimum absolute atomic E-state index is 0.182. The molecule has 3 nitrogen and oxygen atoms in total. The molecule has 2 unspecified atom stereocenters. The lowest BCUT2D eigenvalue weighted by Gasteiger charge is -2.35. The number of nitrogens with zero attached hydrogens (tertiary/aromatic N) is 1. The molecule has 1 aromatic rings. The number of carboxylic acids is 1. The van der Waals surface area contributed by atoms with E-state index in [0.717, 1.165) is 38.9 Å². The van der Waals surface area contributed by atoms with E-state index in [0.29, 0.717) is 5.92 Å². The van der Waals surface area contributed by atoms with Crippen LogP contribution in [0.3, 0.4) is 0 Å². The lowest BCUT2D eigenvalue weighted by molar-refractivity contribution is -0.144. The minimum Gasteiger partial charge on any atom is -0.481 e. The van der Waals surface area contributed by atoms with Gasteiger partial charge in [0.2, 0.25) is 0 Å². The molecular formula is C16H23NO2. The van der Waals surface area contributed by atoms with Gasteiger partial charge in [0.25, 0.3) is 0 Å². The zero-order valence-corrected chi connectivity index (χ0v) is 11.6. The molecule has 1 aliphatic rings. The van der Waals surface area contributed by atoms with E-state index in [4.69, 9.17) is 0 Å². The van der Waals surface area contributed by atoms with Gasteiger partial charge in [-0.1, -0.05) is 37.3 Å². The highest BCUT2D eigenvalue weighted by Crippen LogP contribution is 2.27. The molecule has 1 saturated heterocycles. The Bertz CT molecular complexity index is 404. The number of carbonyl (C=O) groups is 1. The number of hydrogen-bond donors (Lipinski definition) is 1. The molecule has 0 amide bonds. The van der Waals surface area contributed by atoms with Gasteiger partial charge in [0.15, 0.2) is 0 Å². The summed E-state index contributed by atoms with van der Waals surface area (Å²) in [5.41, 5.74) is 1.31. The average Bonchev–Trinajstić information content (AvgIpc) is 2.41. The lowest BCUT2D eigenvalue weighted by atomic mass is 9.84. The van der Waals surface area contributed by atoms with Crippen LogP contribution >= 0.6 is 0 Å². The highest BCUT2D eigenvalue weighted by molar-refractivity contribution is 5.70. The first-order chi connectivity index (χ1) is 9.20. The Balaban J connectivity index is 1.95. The zero-order valence-electron chi connectivity index (χ0n) is 11.6. The second kappa shape index (κ2) is 6.71. The van der Waals surface area contributed by atoms with Crippen LogP contribution in [0.25, 0.3) is 0 Å². The first-order valence-electron chi connectivity index (χ1n) is 7.19. The molecule has 1 N–H and O–H groups in total. The van der Waals surface area contributed by atoms with Gasteiger partial charge in [0.1, 0.15) is 0 Å². The monoisotopic (exact) mass is 261 g/mol. The van der Waals surface area contributed by atoms with Crippen molar-refractivity contribution in [2.75, 3.05) is 13.1 Å². The van der Waals surface area contributed by atoms with Gasteiger partial charge in [0.05, 0.1) is 5.92 Å². The van der Waals surface area contributed by atoms with E-state index in [2.05, 4.69) is 29.2 Å². The summed E-state index contributed by atoms with van der Waals surface area (Å²) >= 11 is 0. The van der Waals surface area contributed by atoms with Crippen LogP contribution in [-0.2, 0) is 11.3 Å². The van der Waals surface area contributed by atoms with Gasteiger partial charge >= 0.3 is 5.97 Å². The van der Waals surface area contributed by atoms with E-state index in [9.17, 15) is 9.90 Å². The molecule has 3 heteroatoms. The quantitative estimate of drug-likeness (QED) is 0.885. The summed E-state index contributed by atoms with van der Waals surface area (Å²) in [5, 5.41) is 9.28. The van der Waals surface area contributed by atoms with Crippen molar-refractivity contribution in [1.82, 2.24) is 4.90 Å². The molecule has 2 atom stereocenters. The van der Waals surface area contributed by atoms with Gasteiger partial charge in [-0.15, -0.1) is 0 Å². The number of rotatable bonds is 5. The van der Waals surface area contributed by atoms with Crippen molar-refractivity contribution >= 4 is 5.97 Å². The molecular weight excluding hydrogens is 238 g/mol. The fourth-order valence-corrected chi connectivity index (χ4v) is 3.11. The van der Waals surface area contributed by atoms with Crippen molar-refractivity contribution in [3.8, 4) is 0 Å². The average molecular weight is 261 g/mol. The van der Waals surface area contributed by atoms with E-state index < -0.39 is 5.97 Å². The van der Waals surface area contributed by atoms with Crippen LogP contribution in [0, 0.1) is 11.8 Å². The number of piperidine rings is 1. The molecule has 104 valence electrons. The number of hydrogen-bond acceptors (Lipinski definition) is 2. The molecule has 1 fully saturated rings. The van der Waals surface area contributed by atoms with Crippen LogP contribution in [0.15, 0.2) is 30.3 Å². The van der Waals surface area contributed by atoms with Crippen molar-refractivity contribution in [3.05, 3.63) is 35.9 Å². The molecule has 1 heterocycles. The summed E-state index contributed by atoms with van der Waals surface area (Å²) in [6, 6.07) is 10.4. The predicted octanol–water partition coefficient (Wildman–Crippen LogP) is 3.01. The Hall–Kier alpha value is -1.35. The number of carboxylic acid groups (broad SMARTS) is 1. The number of likely N-dealkylation sites (tertiary alicyclic amines) is 1. The SMILES string of the molecule is CCC(C(=O)O)C1CCCN(Cc2ccccc2)C1. The minimum atomic E-state index is -0.630. The molecule has 1 aliphatic heterocycles. The fourth-order valence-electron chi connectivity index (χ4n) is 3.11. The molecule has 0 spiro atoms. The summed E-state index contributed by atoms with van der Waals surface area (Å²) in [6.07, 6.45) is 2.90. The molecule has 0 saturated carbocycles. The largest absolute Gasteiger partial charge is 0.481 e. The highest BCUT2D eigenvalue weighted by atomic mass is 16.4. The van der Waals surface area contributed by atoms with Crippen LogP contribution in [0.1, 0.15) is 31.7 Å². The van der Waals surface area contributed by atoms with Gasteiger partial charge in [-0.2, -0.15) is 0 Å². The van der Waals surface area contributed by atoms with Gasteiger partial charge < -0.3 is 5.11 Å². The molecule has 0 radical (unpaired) electrons. The van der Waals surface area contributed by atoms with E-state index in [1.165, 1.54) is 5.56 Å². The van der Waals surface area contributed by atoms with Crippen LogP contribution < -0.4 is 0 Å². The van der Waals surface area contributed by atoms with E-state index in [1.54, 1.807) is 0 Å². The van der Waals surface area contributed by atoms with Crippen molar-refractivity contribution in [1.29, 1.82) is 0 Å². The topological polar surface area (TPSA) is 40.5 Å². The second-order valence-electron chi connectivity index (χ2n) is 5.48. The Morgan fingerprint density at radius 1 is 1.42 bits per heavy atom. The Labute approximate surface area is 115 Å². The summed E-state index contributed by atoms with van der Waals surface area (Å²) in [6.45, 7) is 4.92. The summed E-state index contributed by atoms with van der Waals surface area (Å²) < 4.78 is 0. The molecule has 1 aromatic carbocycles. The van der Waals surface area contributed by atoms with E-state index >= 15 is 0 Å². The third kappa shape index (κ3) is 3.80. The van der Waals surface area contributed by atoms with Crippen LogP contribution in [-0.4, -0.2) is 29.1 Å². The Kier molecular flexibility index (Phi) is 4.97. The first-order valence-corrected chi connectivity index (χ1v) is 7.19. The predicted molar refractivity (Wildman–Crippen MR) is 75.9 cm³/mol. The van der Waals surface area contributed by atoms with Gasteiger partial charge in [-0.25, -0.2) is 0 Å². The third-order valence-corrected chi connectivity index (χ3v) is 4.12. The number of aliphatic carboxylic acids is 1. The Morgan fingerprint density at radius 2 is 2.16 bits per heavy atom. The standard InChI is InChI=1S/C16H23NO2/c1-2-15(16(18)19)14-9-6-10-17(12-14)11-13-7-4-3-5-8-13/h3-5,7-8,14-15H,2,6,9-12H2,1H3,(H,18,19). The van der Waals surface area contributed by atoms with Crippen molar-refractivity contribution in [2.24, 2.45) is 11.8 Å². The van der Waals surface area contributed by atoms with Gasteiger partial charge in [0, 0.05) is 13.1 Å². The summed E-state index contributed by atoms with van der Waals surface area (Å²) in [4.78, 5) is 13.7. The fraction of sp³-hybridized carbons (Fsp3) is 0.562. The highest BCUT2D eigenvalue weighted by Gasteiger charge is 2.30. The molecule has 0 bridgehead atoms. The normalized spacial score (nSPS) is 22.1. The summed E-state index contributed by atoms with van der Waals surface area (Å²) in [5.74, 6) is -0.507. The third-order valence-electron chi connectivity index (χ3n) is 4.12. The molecule has 19 heavy (non-hydrogen) atoms. The summed E-state index contributed by atoms with van der Waals surface area (Å²) in [7, 11) is 0. The van der Waals surface area contributed by atoms with E-state index in [-0.39, 0.29) is 5.92 Å². The maximum Gasteiger partial charge on any atom is 0.306 e. The van der Waals surface area contributed by atoms with Crippen LogP contribution in [0.4, 0.5) is 0 Å². The van der Waals surface area contributed by atoms with Crippen molar-refractivity contribution in [2.45, 2.75) is 32.7 Å². The van der Waals surface area contributed by atoms with Gasteiger partial charge in [-0.05, 0) is 37.3 Å². The second-order valence-corrected chi connectivity index (χ2v) is 5.48. The zero-order chi connectivity index (χ0) is 13.7. The molecule has 0 aromatic heterocycles. The maximum atomic E-state index is 11.3. The van der Waals surface area contributed by atoms with Crippen LogP contribution in [0.2, 0.25) is 0 Å². The van der Waals surface area contributed by atoms with Crippen molar-refractivity contribution < 1.29 is 9.90 Å². The van der Waals surface area contributed by atoms with Crippen molar-refractivity contribution in [3.63, 3.8) is 0 Å². The number of benzene rings is 1. The smallest absolute Gasteiger partial charge is 0.306 e. The molecule has 2 rings (SSSR count). The van der Waals surface area contributed by atoms with Gasteiger partial charge in [-0.3, -0.25) is 9.69 Å². The molecule has 0 aliphatic carbocycles. The van der Waals surface area contributed by atoms with Crippen LogP contribution in [0.5, 0.6) is 0 Å². The van der Waals surface area contributed by atoms with E-state index in [1.807, 2.05) is 13.0 Å². The maximum absolute atomic E-state index is 11.3. The first kappa shape index (κ1) is 14.1. The Morgan fingerprint density at radius 3 is 2.79 bits per heavy atom. The lowest BCUT2D eigenvalue weighted by Crippen LogP contribution is -2.39.